The number of rotatable bonds is 3. The van der Waals surface area contributed by atoms with Gasteiger partial charge in [-0.3, -0.25) is 4.79 Å². The van der Waals surface area contributed by atoms with E-state index in [2.05, 4.69) is 15.9 Å². The lowest BCUT2D eigenvalue weighted by Crippen LogP contribution is -2.17. The average Bonchev–Trinajstić information content (AvgIpc) is 2.94. The molecule has 1 heterocycles. The summed E-state index contributed by atoms with van der Waals surface area (Å²) in [6.45, 7) is 2.34. The van der Waals surface area contributed by atoms with E-state index in [0.717, 1.165) is 10.0 Å². The summed E-state index contributed by atoms with van der Waals surface area (Å²) in [6, 6.07) is 7.79. The standard InChI is InChI=1S/C12H11BrO2/c1-12(8-15-12)11(14)6-5-9-3-2-4-10(13)7-9/h2-7H,8H2,1H3/b6-5+/t12-/m0/s1. The number of carbonyl (C=O) groups excluding carboxylic acids is 1. The van der Waals surface area contributed by atoms with E-state index in [1.165, 1.54) is 0 Å². The molecule has 0 saturated carbocycles. The van der Waals surface area contributed by atoms with Crippen molar-refractivity contribution in [2.24, 2.45) is 0 Å². The number of hydrogen-bond acceptors (Lipinski definition) is 2. The maximum absolute atomic E-state index is 11.6. The van der Waals surface area contributed by atoms with Gasteiger partial charge in [-0.25, -0.2) is 0 Å². The number of carbonyl (C=O) groups is 1. The lowest BCUT2D eigenvalue weighted by Gasteiger charge is -1.98. The van der Waals surface area contributed by atoms with Crippen molar-refractivity contribution in [3.05, 3.63) is 40.4 Å². The molecule has 1 aromatic carbocycles. The first kappa shape index (κ1) is 10.6. The van der Waals surface area contributed by atoms with Gasteiger partial charge in [-0.15, -0.1) is 0 Å². The van der Waals surface area contributed by atoms with Crippen LogP contribution in [0.5, 0.6) is 0 Å². The maximum Gasteiger partial charge on any atom is 0.189 e. The first-order valence-electron chi connectivity index (χ1n) is 4.72. The smallest absolute Gasteiger partial charge is 0.189 e. The van der Waals surface area contributed by atoms with Gasteiger partial charge in [-0.05, 0) is 30.7 Å². The van der Waals surface area contributed by atoms with Gasteiger partial charge in [0.2, 0.25) is 0 Å². The van der Waals surface area contributed by atoms with E-state index in [0.29, 0.717) is 6.61 Å². The summed E-state index contributed by atoms with van der Waals surface area (Å²) >= 11 is 3.38. The highest BCUT2D eigenvalue weighted by Crippen LogP contribution is 2.27. The second kappa shape index (κ2) is 3.91. The summed E-state index contributed by atoms with van der Waals surface area (Å²) in [5, 5.41) is 0. The zero-order valence-corrected chi connectivity index (χ0v) is 9.95. The molecule has 0 radical (unpaired) electrons. The number of halogens is 1. The van der Waals surface area contributed by atoms with Gasteiger partial charge in [0, 0.05) is 4.47 Å². The molecule has 2 rings (SSSR count). The largest absolute Gasteiger partial charge is 0.361 e. The second-order valence-electron chi connectivity index (χ2n) is 3.77. The van der Waals surface area contributed by atoms with Gasteiger partial charge in [0.05, 0.1) is 6.61 Å². The number of epoxide rings is 1. The van der Waals surface area contributed by atoms with Crippen LogP contribution in [0.4, 0.5) is 0 Å². The average molecular weight is 267 g/mol. The van der Waals surface area contributed by atoms with Gasteiger partial charge < -0.3 is 4.74 Å². The number of ether oxygens (including phenoxy) is 1. The summed E-state index contributed by atoms with van der Waals surface area (Å²) in [7, 11) is 0. The van der Waals surface area contributed by atoms with E-state index in [4.69, 9.17) is 4.74 Å². The van der Waals surface area contributed by atoms with Crippen molar-refractivity contribution < 1.29 is 9.53 Å². The summed E-state index contributed by atoms with van der Waals surface area (Å²) in [5.41, 5.74) is 0.449. The highest BCUT2D eigenvalue weighted by molar-refractivity contribution is 9.10. The minimum Gasteiger partial charge on any atom is -0.361 e. The third-order valence-corrected chi connectivity index (χ3v) is 2.87. The molecule has 1 atom stereocenters. The van der Waals surface area contributed by atoms with Crippen LogP contribution in [-0.4, -0.2) is 18.0 Å². The minimum atomic E-state index is -0.553. The van der Waals surface area contributed by atoms with Crippen LogP contribution in [0.1, 0.15) is 12.5 Å². The van der Waals surface area contributed by atoms with Crippen LogP contribution in [-0.2, 0) is 9.53 Å². The van der Waals surface area contributed by atoms with Crippen molar-refractivity contribution in [2.75, 3.05) is 6.61 Å². The third kappa shape index (κ3) is 2.55. The molecule has 0 N–H and O–H groups in total. The Balaban J connectivity index is 2.08. The molecular weight excluding hydrogens is 256 g/mol. The van der Waals surface area contributed by atoms with E-state index < -0.39 is 5.60 Å². The first-order valence-corrected chi connectivity index (χ1v) is 5.51. The fraction of sp³-hybridized carbons (Fsp3) is 0.250. The van der Waals surface area contributed by atoms with E-state index in [1.807, 2.05) is 24.3 Å². The lowest BCUT2D eigenvalue weighted by atomic mass is 10.1. The van der Waals surface area contributed by atoms with Crippen molar-refractivity contribution in [1.82, 2.24) is 0 Å². The zero-order chi connectivity index (χ0) is 10.9. The predicted molar refractivity (Wildman–Crippen MR) is 62.5 cm³/mol. The zero-order valence-electron chi connectivity index (χ0n) is 8.37. The topological polar surface area (TPSA) is 29.6 Å². The molecule has 1 aromatic rings. The minimum absolute atomic E-state index is 0.0301. The normalized spacial score (nSPS) is 24.4. The Kier molecular flexibility index (Phi) is 2.76. The van der Waals surface area contributed by atoms with Crippen LogP contribution in [0.2, 0.25) is 0 Å². The molecule has 15 heavy (non-hydrogen) atoms. The molecule has 1 fully saturated rings. The Morgan fingerprint density at radius 2 is 2.33 bits per heavy atom. The van der Waals surface area contributed by atoms with Gasteiger partial charge in [-0.1, -0.05) is 34.1 Å². The molecule has 78 valence electrons. The SMILES string of the molecule is C[C@@]1(C(=O)/C=C/c2cccc(Br)c2)CO1. The van der Waals surface area contributed by atoms with Crippen LogP contribution < -0.4 is 0 Å². The van der Waals surface area contributed by atoms with Gasteiger partial charge in [0.15, 0.2) is 11.4 Å². The van der Waals surface area contributed by atoms with Crippen molar-refractivity contribution in [1.29, 1.82) is 0 Å². The van der Waals surface area contributed by atoms with E-state index in [-0.39, 0.29) is 5.78 Å². The van der Waals surface area contributed by atoms with E-state index >= 15 is 0 Å². The first-order chi connectivity index (χ1) is 7.10. The predicted octanol–water partition coefficient (Wildman–Crippen LogP) is 2.82. The molecular formula is C12H11BrO2. The fourth-order valence-corrected chi connectivity index (χ4v) is 1.63. The fourth-order valence-electron chi connectivity index (χ4n) is 1.21. The molecule has 1 aliphatic heterocycles. The number of benzene rings is 1. The number of hydrogen-bond donors (Lipinski definition) is 0. The Labute approximate surface area is 97.1 Å². The highest BCUT2D eigenvalue weighted by atomic mass is 79.9. The number of ketones is 1. The Hall–Kier alpha value is -0.930. The van der Waals surface area contributed by atoms with Crippen molar-refractivity contribution in [3.8, 4) is 0 Å². The molecule has 1 saturated heterocycles. The van der Waals surface area contributed by atoms with Crippen LogP contribution in [0.15, 0.2) is 34.8 Å². The quantitative estimate of drug-likeness (QED) is 0.622. The van der Waals surface area contributed by atoms with Crippen LogP contribution in [0.25, 0.3) is 6.08 Å². The molecule has 0 aliphatic carbocycles. The molecule has 0 amide bonds. The molecule has 2 nitrogen and oxygen atoms in total. The maximum atomic E-state index is 11.6. The highest BCUT2D eigenvalue weighted by Gasteiger charge is 2.45. The van der Waals surface area contributed by atoms with Gasteiger partial charge in [0.1, 0.15) is 0 Å². The van der Waals surface area contributed by atoms with Crippen LogP contribution >= 0.6 is 15.9 Å². The van der Waals surface area contributed by atoms with Crippen molar-refractivity contribution in [2.45, 2.75) is 12.5 Å². The van der Waals surface area contributed by atoms with Gasteiger partial charge >= 0.3 is 0 Å². The Morgan fingerprint density at radius 1 is 1.60 bits per heavy atom. The molecule has 1 aliphatic rings. The van der Waals surface area contributed by atoms with E-state index in [1.54, 1.807) is 19.1 Å². The molecule has 0 unspecified atom stereocenters. The molecule has 0 spiro atoms. The monoisotopic (exact) mass is 266 g/mol. The molecule has 0 aromatic heterocycles. The van der Waals surface area contributed by atoms with Crippen LogP contribution in [0.3, 0.4) is 0 Å². The van der Waals surface area contributed by atoms with Crippen LogP contribution in [0, 0.1) is 0 Å². The molecule has 3 heteroatoms. The van der Waals surface area contributed by atoms with Gasteiger partial charge in [-0.2, -0.15) is 0 Å². The lowest BCUT2D eigenvalue weighted by molar-refractivity contribution is -0.118. The summed E-state index contributed by atoms with van der Waals surface area (Å²) in [4.78, 5) is 11.6. The van der Waals surface area contributed by atoms with Crippen molar-refractivity contribution >= 4 is 27.8 Å². The van der Waals surface area contributed by atoms with Crippen molar-refractivity contribution in [3.63, 3.8) is 0 Å². The summed E-state index contributed by atoms with van der Waals surface area (Å²) in [6.07, 6.45) is 3.38. The second-order valence-corrected chi connectivity index (χ2v) is 4.69. The van der Waals surface area contributed by atoms with E-state index in [9.17, 15) is 4.79 Å². The summed E-state index contributed by atoms with van der Waals surface area (Å²) < 4.78 is 6.07. The summed E-state index contributed by atoms with van der Waals surface area (Å²) in [5.74, 6) is 0.0301. The third-order valence-electron chi connectivity index (χ3n) is 2.37. The van der Waals surface area contributed by atoms with Gasteiger partial charge in [0.25, 0.3) is 0 Å². The molecule has 0 bridgehead atoms. The Morgan fingerprint density at radius 3 is 2.93 bits per heavy atom. The Bertz CT molecular complexity index is 419.